The van der Waals surface area contributed by atoms with Crippen LogP contribution in [0, 0.1) is 31.1 Å². The number of aliphatic hydroxyl groups is 2. The molecule has 0 unspecified atom stereocenters. The van der Waals surface area contributed by atoms with Gasteiger partial charge in [-0.1, -0.05) is 121 Å². The first-order chi connectivity index (χ1) is 30.9. The standard InChI is InChI=1S/2C27H29N2O3.2BrH/c2*30-27(23-7-3-1-4-8-23,24-9-5-2-6-10-24)26-15-18-29(19-16-26,20-17-26)21-22-11-13-25(14-12-22)28(31)32;;/h2*1-14,30H,15-21H2;2*1H/q2*+1;;/p-2. The van der Waals surface area contributed by atoms with Crippen molar-refractivity contribution >= 4 is 11.4 Å². The Bertz CT molecular complexity index is 2260. The minimum Gasteiger partial charge on any atom is -1.00 e. The van der Waals surface area contributed by atoms with E-state index in [0.29, 0.717) is 0 Å². The first kappa shape index (κ1) is 48.8. The second-order valence-corrected chi connectivity index (χ2v) is 19.1. The Kier molecular flexibility index (Phi) is 14.5. The first-order valence-corrected chi connectivity index (χ1v) is 22.8. The van der Waals surface area contributed by atoms with Crippen molar-refractivity contribution in [2.45, 2.75) is 62.8 Å². The highest BCUT2D eigenvalue weighted by Crippen LogP contribution is 2.59. The zero-order valence-electron chi connectivity index (χ0n) is 37.1. The molecular formula is C54H58Br2N4O6. The van der Waals surface area contributed by atoms with Crippen molar-refractivity contribution < 1.29 is 63.0 Å². The first-order valence-electron chi connectivity index (χ1n) is 22.8. The highest BCUT2D eigenvalue weighted by atomic mass is 79.9. The Labute approximate surface area is 408 Å². The van der Waals surface area contributed by atoms with Gasteiger partial charge in [-0.25, -0.2) is 0 Å². The van der Waals surface area contributed by atoms with E-state index in [0.717, 1.165) is 133 Å². The maximum absolute atomic E-state index is 12.4. The van der Waals surface area contributed by atoms with Crippen LogP contribution in [0.5, 0.6) is 0 Å². The molecule has 0 aromatic heterocycles. The lowest BCUT2D eigenvalue weighted by Crippen LogP contribution is -3.00. The number of nitro benzene ring substituents is 2. The van der Waals surface area contributed by atoms with E-state index in [1.807, 2.05) is 97.1 Å². The smallest absolute Gasteiger partial charge is 0.269 e. The van der Waals surface area contributed by atoms with Gasteiger partial charge in [0.15, 0.2) is 0 Å². The third-order valence-electron chi connectivity index (χ3n) is 16.0. The minimum atomic E-state index is -1.01. The van der Waals surface area contributed by atoms with Gasteiger partial charge in [0.2, 0.25) is 0 Å². The summed E-state index contributed by atoms with van der Waals surface area (Å²) in [6, 6.07) is 54.6. The van der Waals surface area contributed by atoms with Gasteiger partial charge in [0.1, 0.15) is 24.3 Å². The number of nitro groups is 2. The number of fused-ring (bicyclic) bond motifs is 6. The van der Waals surface area contributed by atoms with Gasteiger partial charge < -0.3 is 53.1 Å². The molecule has 6 fully saturated rings. The van der Waals surface area contributed by atoms with Crippen LogP contribution in [0.2, 0.25) is 0 Å². The highest BCUT2D eigenvalue weighted by molar-refractivity contribution is 5.41. The van der Waals surface area contributed by atoms with Crippen molar-refractivity contribution in [2.24, 2.45) is 10.8 Å². The molecule has 6 heterocycles. The van der Waals surface area contributed by atoms with Crippen molar-refractivity contribution in [3.63, 3.8) is 0 Å². The lowest BCUT2D eigenvalue weighted by molar-refractivity contribution is -0.958. The van der Waals surface area contributed by atoms with Crippen LogP contribution in [0.4, 0.5) is 11.4 Å². The molecule has 6 aliphatic heterocycles. The molecule has 0 radical (unpaired) electrons. The normalized spacial score (nSPS) is 24.2. The highest BCUT2D eigenvalue weighted by Gasteiger charge is 2.61. The third-order valence-corrected chi connectivity index (χ3v) is 16.0. The summed E-state index contributed by atoms with van der Waals surface area (Å²) in [6.45, 7) is 7.86. The van der Waals surface area contributed by atoms with E-state index in [1.54, 1.807) is 24.3 Å². The Balaban J connectivity index is 0.000000191. The molecule has 6 aromatic carbocycles. The van der Waals surface area contributed by atoms with Crippen LogP contribution in [-0.4, -0.2) is 68.3 Å². The Morgan fingerprint density at radius 3 is 0.848 bits per heavy atom. The number of rotatable bonds is 12. The summed E-state index contributed by atoms with van der Waals surface area (Å²) < 4.78 is 2.00. The number of halogens is 2. The topological polar surface area (TPSA) is 127 Å². The van der Waals surface area contributed by atoms with E-state index in [-0.39, 0.29) is 66.0 Å². The molecule has 0 saturated carbocycles. The average molecular weight is 1020 g/mol. The molecule has 6 aliphatic rings. The van der Waals surface area contributed by atoms with Gasteiger partial charge in [0.05, 0.1) is 49.1 Å². The van der Waals surface area contributed by atoms with Crippen LogP contribution in [0.1, 0.15) is 71.9 Å². The lowest BCUT2D eigenvalue weighted by atomic mass is 9.56. The van der Waals surface area contributed by atoms with Crippen LogP contribution in [0.25, 0.3) is 0 Å². The summed E-state index contributed by atoms with van der Waals surface area (Å²) in [5.41, 5.74) is 4.06. The van der Waals surface area contributed by atoms with E-state index in [2.05, 4.69) is 48.5 Å². The minimum absolute atomic E-state index is 0. The van der Waals surface area contributed by atoms with Gasteiger partial charge in [-0.3, -0.25) is 20.2 Å². The quantitative estimate of drug-likeness (QED) is 0.108. The maximum atomic E-state index is 12.4. The van der Waals surface area contributed by atoms with Crippen LogP contribution in [0.3, 0.4) is 0 Å². The number of hydrogen-bond donors (Lipinski definition) is 2. The zero-order chi connectivity index (χ0) is 44.5. The summed E-state index contributed by atoms with van der Waals surface area (Å²) in [4.78, 5) is 21.2. The van der Waals surface area contributed by atoms with E-state index in [9.17, 15) is 30.4 Å². The molecule has 0 spiro atoms. The summed E-state index contributed by atoms with van der Waals surface area (Å²) in [5.74, 6) is 0. The summed E-state index contributed by atoms with van der Waals surface area (Å²) in [5, 5.41) is 46.8. The molecule has 66 heavy (non-hydrogen) atoms. The fraction of sp³-hybridized carbons (Fsp3) is 0.333. The lowest BCUT2D eigenvalue weighted by Gasteiger charge is -2.60. The van der Waals surface area contributed by atoms with Gasteiger partial charge >= 0.3 is 0 Å². The van der Waals surface area contributed by atoms with E-state index in [4.69, 9.17) is 0 Å². The molecule has 344 valence electrons. The van der Waals surface area contributed by atoms with Gasteiger partial charge in [-0.2, -0.15) is 0 Å². The number of nitrogens with zero attached hydrogens (tertiary/aromatic N) is 4. The molecule has 6 saturated heterocycles. The van der Waals surface area contributed by atoms with E-state index < -0.39 is 11.2 Å². The van der Waals surface area contributed by atoms with Crippen molar-refractivity contribution in [1.29, 1.82) is 0 Å². The molecule has 10 nitrogen and oxygen atoms in total. The summed E-state index contributed by atoms with van der Waals surface area (Å²) in [7, 11) is 0. The van der Waals surface area contributed by atoms with Gasteiger partial charge in [-0.15, -0.1) is 0 Å². The van der Waals surface area contributed by atoms with E-state index >= 15 is 0 Å². The van der Waals surface area contributed by atoms with Gasteiger partial charge in [0.25, 0.3) is 11.4 Å². The molecule has 0 amide bonds. The Morgan fingerprint density at radius 2 is 0.636 bits per heavy atom. The van der Waals surface area contributed by atoms with Gasteiger partial charge in [0, 0.05) is 84.7 Å². The summed E-state index contributed by atoms with van der Waals surface area (Å²) >= 11 is 0. The zero-order valence-corrected chi connectivity index (χ0v) is 40.3. The molecule has 2 N–H and O–H groups in total. The number of benzene rings is 6. The number of quaternary nitrogens is 2. The van der Waals surface area contributed by atoms with Crippen molar-refractivity contribution in [3.05, 3.63) is 223 Å². The van der Waals surface area contributed by atoms with Crippen molar-refractivity contribution in [2.75, 3.05) is 39.3 Å². The number of hydrogen-bond acceptors (Lipinski definition) is 6. The third kappa shape index (κ3) is 8.91. The maximum Gasteiger partial charge on any atom is 0.269 e. The van der Waals surface area contributed by atoms with Crippen molar-refractivity contribution in [3.8, 4) is 0 Å². The molecule has 6 aromatic rings. The largest absolute Gasteiger partial charge is 1.00 e. The van der Waals surface area contributed by atoms with Crippen LogP contribution < -0.4 is 34.0 Å². The van der Waals surface area contributed by atoms with E-state index in [1.165, 1.54) is 0 Å². The Hall–Kier alpha value is -5.08. The second kappa shape index (κ2) is 19.6. The SMILES string of the molecule is O=[N+]([O-])c1ccc(C[N+]23CCC(C(O)(c4ccccc4)c4ccccc4)(CC2)CC3)cc1.O=[N+]([O-])c1ccc(C[N+]23CCC(C(O)(c4ccccc4)c4ccccc4)(CC2)CC3)cc1.[Br-].[Br-]. The second-order valence-electron chi connectivity index (χ2n) is 19.1. The molecule has 12 rings (SSSR count). The summed E-state index contributed by atoms with van der Waals surface area (Å²) in [6.07, 6.45) is 5.75. The number of non-ortho nitro benzene ring substituents is 2. The molecule has 0 aliphatic carbocycles. The van der Waals surface area contributed by atoms with Crippen LogP contribution in [-0.2, 0) is 24.3 Å². The molecule has 12 heteroatoms. The average Bonchev–Trinajstić information content (AvgIpc) is 3.36. The fourth-order valence-corrected chi connectivity index (χ4v) is 12.2. The predicted molar refractivity (Wildman–Crippen MR) is 248 cm³/mol. The predicted octanol–water partition coefficient (Wildman–Crippen LogP) is 4.07. The molecule has 0 atom stereocenters. The van der Waals surface area contributed by atoms with Crippen molar-refractivity contribution in [1.82, 2.24) is 0 Å². The Morgan fingerprint density at radius 1 is 0.409 bits per heavy atom. The molecular weight excluding hydrogens is 960 g/mol. The fourth-order valence-electron chi connectivity index (χ4n) is 12.2. The number of piperidine rings is 6. The van der Waals surface area contributed by atoms with Crippen LogP contribution >= 0.6 is 0 Å². The van der Waals surface area contributed by atoms with Crippen LogP contribution in [0.15, 0.2) is 170 Å². The monoisotopic (exact) mass is 1020 g/mol. The van der Waals surface area contributed by atoms with Gasteiger partial charge in [-0.05, 0) is 46.5 Å². The molecule has 4 bridgehead atoms.